The largest absolute Gasteiger partial charge is 0.483 e. The molecule has 0 heterocycles. The molecule has 2 N–H and O–H groups in total. The molecule has 136 valence electrons. The Kier molecular flexibility index (Phi) is 5.79. The zero-order valence-corrected chi connectivity index (χ0v) is 14.3. The second kappa shape index (κ2) is 8.62. The van der Waals surface area contributed by atoms with Crippen molar-refractivity contribution in [2.24, 2.45) is 0 Å². The number of hydrogen-bond donors (Lipinski definition) is 2. The second-order valence-corrected chi connectivity index (χ2v) is 5.66. The van der Waals surface area contributed by atoms with Crippen molar-refractivity contribution >= 4 is 23.2 Å². The molecule has 0 aliphatic carbocycles. The number of rotatable bonds is 6. The Hall–Kier alpha value is -3.67. The van der Waals surface area contributed by atoms with Gasteiger partial charge in [0.15, 0.2) is 6.61 Å². The number of benzene rings is 3. The number of amides is 2. The van der Waals surface area contributed by atoms with E-state index in [1.807, 2.05) is 18.2 Å². The predicted molar refractivity (Wildman–Crippen MR) is 101 cm³/mol. The van der Waals surface area contributed by atoms with Crippen molar-refractivity contribution in [3.63, 3.8) is 0 Å². The highest BCUT2D eigenvalue weighted by Crippen LogP contribution is 2.20. The Labute approximate surface area is 155 Å². The van der Waals surface area contributed by atoms with Crippen LogP contribution in [-0.4, -0.2) is 18.4 Å². The molecule has 0 fully saturated rings. The summed E-state index contributed by atoms with van der Waals surface area (Å²) in [7, 11) is 0. The first-order valence-corrected chi connectivity index (χ1v) is 8.25. The van der Waals surface area contributed by atoms with Gasteiger partial charge >= 0.3 is 0 Å². The highest BCUT2D eigenvalue weighted by atomic mass is 19.1. The molecule has 0 bridgehead atoms. The molecule has 3 aromatic carbocycles. The van der Waals surface area contributed by atoms with E-state index in [4.69, 9.17) is 4.74 Å². The van der Waals surface area contributed by atoms with E-state index in [-0.39, 0.29) is 18.3 Å². The normalized spacial score (nSPS) is 10.1. The van der Waals surface area contributed by atoms with Gasteiger partial charge in [0.2, 0.25) is 0 Å². The van der Waals surface area contributed by atoms with E-state index in [9.17, 15) is 14.0 Å². The van der Waals surface area contributed by atoms with E-state index in [1.54, 1.807) is 42.5 Å². The third kappa shape index (κ3) is 5.15. The van der Waals surface area contributed by atoms with Crippen LogP contribution in [-0.2, 0) is 4.79 Å². The van der Waals surface area contributed by atoms with Crippen molar-refractivity contribution in [2.75, 3.05) is 17.2 Å². The van der Waals surface area contributed by atoms with Crippen LogP contribution in [0.1, 0.15) is 10.4 Å². The smallest absolute Gasteiger partial charge is 0.262 e. The van der Waals surface area contributed by atoms with Gasteiger partial charge in [-0.25, -0.2) is 4.39 Å². The standard InChI is InChI=1S/C21H17FN2O3/c22-15-7-6-10-17(13-15)23-20(25)14-27-19-12-5-4-11-18(19)21(26)24-16-8-2-1-3-9-16/h1-13H,14H2,(H,23,25)(H,24,26). The van der Waals surface area contributed by atoms with Crippen molar-refractivity contribution in [3.05, 3.63) is 90.2 Å². The lowest BCUT2D eigenvalue weighted by Gasteiger charge is -2.12. The summed E-state index contributed by atoms with van der Waals surface area (Å²) in [6.07, 6.45) is 0. The number of halogens is 1. The van der Waals surface area contributed by atoms with Crippen LogP contribution in [0.3, 0.4) is 0 Å². The molecule has 6 heteroatoms. The third-order valence-corrected chi connectivity index (χ3v) is 3.63. The van der Waals surface area contributed by atoms with Gasteiger partial charge in [0.25, 0.3) is 11.8 Å². The number of nitrogens with one attached hydrogen (secondary N) is 2. The van der Waals surface area contributed by atoms with E-state index >= 15 is 0 Å². The monoisotopic (exact) mass is 364 g/mol. The van der Waals surface area contributed by atoms with Crippen LogP contribution >= 0.6 is 0 Å². The van der Waals surface area contributed by atoms with E-state index in [0.29, 0.717) is 16.9 Å². The highest BCUT2D eigenvalue weighted by molar-refractivity contribution is 6.06. The van der Waals surface area contributed by atoms with Crippen LogP contribution in [0, 0.1) is 5.82 Å². The summed E-state index contributed by atoms with van der Waals surface area (Å²) in [4.78, 5) is 24.5. The summed E-state index contributed by atoms with van der Waals surface area (Å²) in [5.41, 5.74) is 1.29. The number of anilines is 2. The van der Waals surface area contributed by atoms with Crippen molar-refractivity contribution in [2.45, 2.75) is 0 Å². The van der Waals surface area contributed by atoms with Gasteiger partial charge in [-0.1, -0.05) is 36.4 Å². The fraction of sp³-hybridized carbons (Fsp3) is 0.0476. The van der Waals surface area contributed by atoms with Gasteiger partial charge in [-0.3, -0.25) is 9.59 Å². The van der Waals surface area contributed by atoms with Gasteiger partial charge in [-0.15, -0.1) is 0 Å². The van der Waals surface area contributed by atoms with E-state index in [2.05, 4.69) is 10.6 Å². The number of ether oxygens (including phenoxy) is 1. The van der Waals surface area contributed by atoms with Gasteiger partial charge < -0.3 is 15.4 Å². The molecule has 0 aliphatic heterocycles. The van der Waals surface area contributed by atoms with Crippen molar-refractivity contribution in [1.29, 1.82) is 0 Å². The molecule has 2 amide bonds. The molecule has 5 nitrogen and oxygen atoms in total. The van der Waals surface area contributed by atoms with Gasteiger partial charge in [0.1, 0.15) is 11.6 Å². The number of hydrogen-bond acceptors (Lipinski definition) is 3. The summed E-state index contributed by atoms with van der Waals surface area (Å²) in [5, 5.41) is 5.31. The molecule has 0 aromatic heterocycles. The molecule has 0 aliphatic rings. The van der Waals surface area contributed by atoms with Crippen molar-refractivity contribution in [3.8, 4) is 5.75 Å². The zero-order valence-electron chi connectivity index (χ0n) is 14.3. The molecule has 0 unspecified atom stereocenters. The molecule has 0 spiro atoms. The molecule has 3 rings (SSSR count). The minimum Gasteiger partial charge on any atom is -0.483 e. The Bertz CT molecular complexity index is 945. The molecule has 0 saturated heterocycles. The van der Waals surface area contributed by atoms with Gasteiger partial charge in [-0.05, 0) is 42.5 Å². The Morgan fingerprint density at radius 2 is 1.52 bits per heavy atom. The quantitative estimate of drug-likeness (QED) is 0.692. The molecule has 27 heavy (non-hydrogen) atoms. The van der Waals surface area contributed by atoms with Crippen LogP contribution < -0.4 is 15.4 Å². The summed E-state index contributed by atoms with van der Waals surface area (Å²) in [6, 6.07) is 21.2. The minimum atomic E-state index is -0.459. The second-order valence-electron chi connectivity index (χ2n) is 5.66. The first-order valence-electron chi connectivity index (χ1n) is 8.25. The first-order chi connectivity index (χ1) is 13.1. The lowest BCUT2D eigenvalue weighted by atomic mass is 10.2. The average Bonchev–Trinajstić information content (AvgIpc) is 2.67. The van der Waals surface area contributed by atoms with Crippen LogP contribution in [0.5, 0.6) is 5.75 Å². The van der Waals surface area contributed by atoms with Gasteiger partial charge in [0, 0.05) is 11.4 Å². The molecule has 3 aromatic rings. The van der Waals surface area contributed by atoms with Crippen molar-refractivity contribution in [1.82, 2.24) is 0 Å². The van der Waals surface area contributed by atoms with Crippen LogP contribution in [0.25, 0.3) is 0 Å². The summed E-state index contributed by atoms with van der Waals surface area (Å²) < 4.78 is 18.7. The fourth-order valence-corrected chi connectivity index (χ4v) is 2.41. The fourth-order valence-electron chi connectivity index (χ4n) is 2.41. The maximum atomic E-state index is 13.2. The molecular weight excluding hydrogens is 347 g/mol. The maximum Gasteiger partial charge on any atom is 0.262 e. The lowest BCUT2D eigenvalue weighted by Crippen LogP contribution is -2.21. The molecule has 0 radical (unpaired) electrons. The van der Waals surface area contributed by atoms with Gasteiger partial charge in [-0.2, -0.15) is 0 Å². The predicted octanol–water partition coefficient (Wildman–Crippen LogP) is 4.10. The number of carbonyl (C=O) groups is 2. The van der Waals surface area contributed by atoms with Crippen LogP contribution in [0.2, 0.25) is 0 Å². The van der Waals surface area contributed by atoms with E-state index in [1.165, 1.54) is 18.2 Å². The SMILES string of the molecule is O=C(COc1ccccc1C(=O)Nc1ccccc1)Nc1cccc(F)c1. The summed E-state index contributed by atoms with van der Waals surface area (Å²) in [6.45, 7) is -0.313. The molecular formula is C21H17FN2O3. The van der Waals surface area contributed by atoms with E-state index < -0.39 is 11.7 Å². The number of carbonyl (C=O) groups excluding carboxylic acids is 2. The highest BCUT2D eigenvalue weighted by Gasteiger charge is 2.13. The summed E-state index contributed by atoms with van der Waals surface area (Å²) in [5.74, 6) is -0.974. The van der Waals surface area contributed by atoms with Gasteiger partial charge in [0.05, 0.1) is 5.56 Å². The minimum absolute atomic E-state index is 0.278. The van der Waals surface area contributed by atoms with Crippen LogP contribution in [0.4, 0.5) is 15.8 Å². The molecule has 0 saturated carbocycles. The summed E-state index contributed by atoms with van der Waals surface area (Å²) >= 11 is 0. The topological polar surface area (TPSA) is 67.4 Å². The third-order valence-electron chi connectivity index (χ3n) is 3.63. The maximum absolute atomic E-state index is 13.2. The lowest BCUT2D eigenvalue weighted by molar-refractivity contribution is -0.118. The van der Waals surface area contributed by atoms with Crippen LogP contribution in [0.15, 0.2) is 78.9 Å². The van der Waals surface area contributed by atoms with Crippen molar-refractivity contribution < 1.29 is 18.7 Å². The average molecular weight is 364 g/mol. The molecule has 0 atom stereocenters. The Balaban J connectivity index is 1.63. The Morgan fingerprint density at radius 1 is 0.815 bits per heavy atom. The zero-order chi connectivity index (χ0) is 19.1. The number of para-hydroxylation sites is 2. The van der Waals surface area contributed by atoms with E-state index in [0.717, 1.165) is 0 Å². The Morgan fingerprint density at radius 3 is 2.30 bits per heavy atom. The first kappa shape index (κ1) is 18.1.